The van der Waals surface area contributed by atoms with Gasteiger partial charge in [0.1, 0.15) is 0 Å². The topological polar surface area (TPSA) is 48.5 Å². The minimum Gasteiger partial charge on any atom is -0.369 e. The molecule has 3 unspecified atom stereocenters. The molecule has 2 aromatic rings. The highest BCUT2D eigenvalue weighted by Crippen LogP contribution is 2.38. The van der Waals surface area contributed by atoms with Gasteiger partial charge in [0.15, 0.2) is 0 Å². The summed E-state index contributed by atoms with van der Waals surface area (Å²) in [5.41, 5.74) is -0.0240. The van der Waals surface area contributed by atoms with Crippen molar-refractivity contribution < 1.29 is 18.0 Å². The second-order valence-corrected chi connectivity index (χ2v) is 9.06. The standard InChI is InChI=1S/C23H29F3N4O/c1-15-12-30(14-19(15)28-21(31)11-16-5-4-10-29(2)13-16)20-8-7-18(23(24,25)26)22-17(20)6-3-9-27-22/h3,6-9,15-16,19H,4-5,10-14H2,1-2H3,(H,28,31). The maximum Gasteiger partial charge on any atom is 0.418 e. The van der Waals surface area contributed by atoms with E-state index in [-0.39, 0.29) is 23.4 Å². The third-order valence-corrected chi connectivity index (χ3v) is 6.55. The van der Waals surface area contributed by atoms with Crippen LogP contribution in [0.3, 0.4) is 0 Å². The number of carbonyl (C=O) groups excluding carboxylic acids is 1. The van der Waals surface area contributed by atoms with Gasteiger partial charge in [-0.3, -0.25) is 9.78 Å². The predicted molar refractivity (Wildman–Crippen MR) is 115 cm³/mol. The first-order chi connectivity index (χ1) is 14.7. The Morgan fingerprint density at radius 1 is 1.23 bits per heavy atom. The molecule has 2 fully saturated rings. The Hall–Kier alpha value is -2.35. The van der Waals surface area contributed by atoms with Gasteiger partial charge in [0.25, 0.3) is 0 Å². The van der Waals surface area contributed by atoms with Crippen LogP contribution in [0.4, 0.5) is 18.9 Å². The number of aromatic nitrogens is 1. The van der Waals surface area contributed by atoms with Crippen molar-refractivity contribution in [3.8, 4) is 0 Å². The zero-order valence-corrected chi connectivity index (χ0v) is 18.0. The van der Waals surface area contributed by atoms with Gasteiger partial charge in [-0.15, -0.1) is 0 Å². The third-order valence-electron chi connectivity index (χ3n) is 6.55. The van der Waals surface area contributed by atoms with Crippen molar-refractivity contribution in [2.75, 3.05) is 38.1 Å². The Labute approximate surface area is 180 Å². The molecule has 0 aliphatic carbocycles. The van der Waals surface area contributed by atoms with E-state index < -0.39 is 11.7 Å². The number of halogens is 3. The summed E-state index contributed by atoms with van der Waals surface area (Å²) in [4.78, 5) is 21.0. The van der Waals surface area contributed by atoms with Crippen molar-refractivity contribution >= 4 is 22.5 Å². The number of nitrogens with zero attached hydrogens (tertiary/aromatic N) is 3. The number of likely N-dealkylation sites (tertiary alicyclic amines) is 1. The van der Waals surface area contributed by atoms with Crippen LogP contribution >= 0.6 is 0 Å². The zero-order chi connectivity index (χ0) is 22.2. The number of carbonyl (C=O) groups is 1. The molecule has 3 heterocycles. The smallest absolute Gasteiger partial charge is 0.369 e. The number of hydrogen-bond acceptors (Lipinski definition) is 4. The lowest BCUT2D eigenvalue weighted by molar-refractivity contribution is -0.136. The highest BCUT2D eigenvalue weighted by molar-refractivity contribution is 5.94. The lowest BCUT2D eigenvalue weighted by atomic mass is 9.94. The fourth-order valence-electron chi connectivity index (χ4n) is 4.98. The van der Waals surface area contributed by atoms with Gasteiger partial charge in [-0.05, 0) is 62.5 Å². The van der Waals surface area contributed by atoms with Crippen molar-refractivity contribution in [2.24, 2.45) is 11.8 Å². The van der Waals surface area contributed by atoms with Crippen LogP contribution in [-0.4, -0.2) is 55.1 Å². The van der Waals surface area contributed by atoms with Crippen LogP contribution in [0.1, 0.15) is 31.7 Å². The maximum atomic E-state index is 13.4. The molecule has 2 saturated heterocycles. The Bertz CT molecular complexity index is 948. The number of hydrogen-bond donors (Lipinski definition) is 1. The third kappa shape index (κ3) is 4.79. The largest absolute Gasteiger partial charge is 0.418 e. The molecule has 168 valence electrons. The van der Waals surface area contributed by atoms with Gasteiger partial charge in [0, 0.05) is 43.3 Å². The number of fused-ring (bicyclic) bond motifs is 1. The van der Waals surface area contributed by atoms with Crippen molar-refractivity contribution in [1.29, 1.82) is 0 Å². The summed E-state index contributed by atoms with van der Waals surface area (Å²) in [5.74, 6) is 0.654. The number of anilines is 1. The molecule has 0 radical (unpaired) electrons. The number of benzene rings is 1. The predicted octanol–water partition coefficient (Wildman–Crippen LogP) is 3.93. The lowest BCUT2D eigenvalue weighted by Crippen LogP contribution is -2.42. The second kappa shape index (κ2) is 8.65. The van der Waals surface area contributed by atoms with Gasteiger partial charge in [0.2, 0.25) is 5.91 Å². The van der Waals surface area contributed by atoms with Gasteiger partial charge >= 0.3 is 6.18 Å². The molecule has 3 atom stereocenters. The van der Waals surface area contributed by atoms with Crippen LogP contribution in [0.2, 0.25) is 0 Å². The summed E-state index contributed by atoms with van der Waals surface area (Å²) in [7, 11) is 2.09. The number of amides is 1. The first-order valence-corrected chi connectivity index (χ1v) is 10.9. The normalized spacial score (nSPS) is 25.2. The molecular formula is C23H29F3N4O. The molecule has 1 aromatic heterocycles. The number of nitrogens with one attached hydrogen (secondary N) is 1. The molecule has 2 aliphatic rings. The van der Waals surface area contributed by atoms with Crippen LogP contribution in [0.15, 0.2) is 30.5 Å². The molecule has 1 aromatic carbocycles. The highest BCUT2D eigenvalue weighted by Gasteiger charge is 2.36. The summed E-state index contributed by atoms with van der Waals surface area (Å²) in [6, 6.07) is 5.96. The van der Waals surface area contributed by atoms with Crippen LogP contribution < -0.4 is 10.2 Å². The maximum absolute atomic E-state index is 13.4. The Morgan fingerprint density at radius 2 is 2.03 bits per heavy atom. The first-order valence-electron chi connectivity index (χ1n) is 10.9. The summed E-state index contributed by atoms with van der Waals surface area (Å²) < 4.78 is 40.2. The van der Waals surface area contributed by atoms with Gasteiger partial charge in [-0.25, -0.2) is 0 Å². The Kier molecular flexibility index (Phi) is 6.10. The number of pyridine rings is 1. The van der Waals surface area contributed by atoms with Gasteiger partial charge in [-0.2, -0.15) is 13.2 Å². The summed E-state index contributed by atoms with van der Waals surface area (Å²) in [6.07, 6.45) is -0.334. The van der Waals surface area contributed by atoms with Crippen LogP contribution in [0.5, 0.6) is 0 Å². The molecule has 8 heteroatoms. The van der Waals surface area contributed by atoms with Crippen LogP contribution in [0, 0.1) is 11.8 Å². The quantitative estimate of drug-likeness (QED) is 0.792. The number of piperidine rings is 1. The summed E-state index contributed by atoms with van der Waals surface area (Å²) in [5, 5.41) is 3.67. The molecule has 1 amide bonds. The molecule has 1 N–H and O–H groups in total. The molecule has 2 aliphatic heterocycles. The molecule has 31 heavy (non-hydrogen) atoms. The SMILES string of the molecule is CC1CN(c2ccc(C(F)(F)F)c3ncccc23)CC1NC(=O)CC1CCCN(C)C1. The van der Waals surface area contributed by atoms with E-state index >= 15 is 0 Å². The van der Waals surface area contributed by atoms with Gasteiger partial charge in [0.05, 0.1) is 17.1 Å². The minimum absolute atomic E-state index is 0.0252. The lowest BCUT2D eigenvalue weighted by Gasteiger charge is -2.29. The minimum atomic E-state index is -4.45. The summed E-state index contributed by atoms with van der Waals surface area (Å²) >= 11 is 0. The van der Waals surface area contributed by atoms with Crippen LogP contribution in [0.25, 0.3) is 10.9 Å². The molecule has 0 saturated carbocycles. The average Bonchev–Trinajstić information content (AvgIpc) is 3.06. The number of rotatable bonds is 4. The molecule has 0 spiro atoms. The van der Waals surface area contributed by atoms with Crippen molar-refractivity contribution in [2.45, 2.75) is 38.4 Å². The van der Waals surface area contributed by atoms with Crippen LogP contribution in [-0.2, 0) is 11.0 Å². The van der Waals surface area contributed by atoms with E-state index in [4.69, 9.17) is 0 Å². The number of alkyl halides is 3. The van der Waals surface area contributed by atoms with Crippen molar-refractivity contribution in [3.63, 3.8) is 0 Å². The fourth-order valence-corrected chi connectivity index (χ4v) is 4.98. The molecule has 5 nitrogen and oxygen atoms in total. The summed E-state index contributed by atoms with van der Waals surface area (Å²) in [6.45, 7) is 5.36. The van der Waals surface area contributed by atoms with E-state index in [1.807, 2.05) is 0 Å². The van der Waals surface area contributed by atoms with Crippen molar-refractivity contribution in [3.05, 3.63) is 36.0 Å². The molecule has 4 rings (SSSR count). The van der Waals surface area contributed by atoms with Gasteiger partial charge in [-0.1, -0.05) is 6.92 Å². The fraction of sp³-hybridized carbons (Fsp3) is 0.565. The van der Waals surface area contributed by atoms with E-state index in [1.54, 1.807) is 12.1 Å². The van der Waals surface area contributed by atoms with Gasteiger partial charge < -0.3 is 15.1 Å². The average molecular weight is 435 g/mol. The van der Waals surface area contributed by atoms with E-state index in [2.05, 4.69) is 34.1 Å². The van der Waals surface area contributed by atoms with E-state index in [0.29, 0.717) is 30.8 Å². The van der Waals surface area contributed by atoms with E-state index in [1.165, 1.54) is 12.3 Å². The van der Waals surface area contributed by atoms with E-state index in [0.717, 1.165) is 37.7 Å². The second-order valence-electron chi connectivity index (χ2n) is 9.06. The van der Waals surface area contributed by atoms with Crippen molar-refractivity contribution in [1.82, 2.24) is 15.2 Å². The Morgan fingerprint density at radius 3 is 2.77 bits per heavy atom. The monoisotopic (exact) mass is 434 g/mol. The molecule has 0 bridgehead atoms. The Balaban J connectivity index is 1.47. The van der Waals surface area contributed by atoms with E-state index in [9.17, 15) is 18.0 Å². The zero-order valence-electron chi connectivity index (χ0n) is 18.0. The highest BCUT2D eigenvalue weighted by atomic mass is 19.4. The first kappa shape index (κ1) is 21.9. The molecular weight excluding hydrogens is 405 g/mol.